The first kappa shape index (κ1) is 11.4. The molecule has 4 heteroatoms. The summed E-state index contributed by atoms with van der Waals surface area (Å²) in [7, 11) is 1.87. The van der Waals surface area contributed by atoms with E-state index in [1.807, 2.05) is 11.9 Å². The highest BCUT2D eigenvalue weighted by Crippen LogP contribution is 1.94. The maximum atomic E-state index is 9.17. The van der Waals surface area contributed by atoms with E-state index in [1.54, 1.807) is 6.92 Å². The lowest BCUT2D eigenvalue weighted by atomic mass is 10.3. The van der Waals surface area contributed by atoms with Crippen molar-refractivity contribution in [2.24, 2.45) is 0 Å². The fourth-order valence-electron chi connectivity index (χ4n) is 0.934. The van der Waals surface area contributed by atoms with E-state index in [1.165, 1.54) is 0 Å². The van der Waals surface area contributed by atoms with Gasteiger partial charge in [-0.05, 0) is 14.0 Å². The molecule has 0 radical (unpaired) electrons. The molecule has 0 aromatic heterocycles. The summed E-state index contributed by atoms with van der Waals surface area (Å²) in [6, 6.07) is 0. The summed E-state index contributed by atoms with van der Waals surface area (Å²) < 4.78 is 0. The van der Waals surface area contributed by atoms with Crippen molar-refractivity contribution >= 4 is 15.9 Å². The number of likely N-dealkylation sites (N-methyl/N-ethyl adjacent to an activating group) is 1. The van der Waals surface area contributed by atoms with E-state index in [0.29, 0.717) is 18.4 Å². The minimum absolute atomic E-state index is 0.331. The number of alkyl halides is 1. The van der Waals surface area contributed by atoms with Crippen LogP contribution in [-0.2, 0) is 0 Å². The second-order valence-corrected chi connectivity index (χ2v) is 3.53. The van der Waals surface area contributed by atoms with E-state index in [2.05, 4.69) is 15.9 Å². The highest BCUT2D eigenvalue weighted by molar-refractivity contribution is 9.09. The standard InChI is InChI=1S/C7H16BrNO2/c1-6(10)4-9(2)5-7(11)3-8/h6-7,10-11H,3-5H2,1-2H3. The van der Waals surface area contributed by atoms with Gasteiger partial charge in [0.2, 0.25) is 0 Å². The maximum Gasteiger partial charge on any atom is 0.0763 e. The van der Waals surface area contributed by atoms with Crippen LogP contribution in [0.1, 0.15) is 6.92 Å². The van der Waals surface area contributed by atoms with Gasteiger partial charge in [-0.15, -0.1) is 0 Å². The molecule has 0 spiro atoms. The average Bonchev–Trinajstić information content (AvgIpc) is 1.85. The zero-order chi connectivity index (χ0) is 8.85. The number of aliphatic hydroxyl groups excluding tert-OH is 2. The predicted octanol–water partition coefficient (Wildman–Crippen LogP) is 0.0548. The predicted molar refractivity (Wildman–Crippen MR) is 49.0 cm³/mol. The van der Waals surface area contributed by atoms with Gasteiger partial charge in [-0.1, -0.05) is 15.9 Å². The summed E-state index contributed by atoms with van der Waals surface area (Å²) in [5.74, 6) is 0. The number of rotatable bonds is 5. The molecule has 0 aliphatic rings. The van der Waals surface area contributed by atoms with Crippen LogP contribution in [0.15, 0.2) is 0 Å². The van der Waals surface area contributed by atoms with Crippen molar-refractivity contribution in [3.63, 3.8) is 0 Å². The highest BCUT2D eigenvalue weighted by Gasteiger charge is 2.07. The Morgan fingerprint density at radius 3 is 2.27 bits per heavy atom. The fraction of sp³-hybridized carbons (Fsp3) is 1.00. The van der Waals surface area contributed by atoms with Crippen LogP contribution in [0.4, 0.5) is 0 Å². The van der Waals surface area contributed by atoms with Crippen molar-refractivity contribution in [2.45, 2.75) is 19.1 Å². The van der Waals surface area contributed by atoms with Crippen molar-refractivity contribution in [1.82, 2.24) is 4.90 Å². The smallest absolute Gasteiger partial charge is 0.0763 e. The Morgan fingerprint density at radius 2 is 1.91 bits per heavy atom. The van der Waals surface area contributed by atoms with Gasteiger partial charge in [0.1, 0.15) is 0 Å². The molecule has 0 fully saturated rings. The van der Waals surface area contributed by atoms with Crippen LogP contribution < -0.4 is 0 Å². The van der Waals surface area contributed by atoms with E-state index < -0.39 is 0 Å². The Kier molecular flexibility index (Phi) is 6.14. The van der Waals surface area contributed by atoms with Gasteiger partial charge >= 0.3 is 0 Å². The first-order valence-corrected chi connectivity index (χ1v) is 4.79. The third-order valence-electron chi connectivity index (χ3n) is 1.28. The van der Waals surface area contributed by atoms with Crippen LogP contribution in [0, 0.1) is 0 Å². The van der Waals surface area contributed by atoms with Gasteiger partial charge in [-0.25, -0.2) is 0 Å². The summed E-state index contributed by atoms with van der Waals surface area (Å²) in [4.78, 5) is 1.90. The Balaban J connectivity index is 3.43. The molecule has 0 aromatic carbocycles. The van der Waals surface area contributed by atoms with Gasteiger partial charge in [-0.3, -0.25) is 0 Å². The monoisotopic (exact) mass is 225 g/mol. The van der Waals surface area contributed by atoms with Gasteiger partial charge in [0.05, 0.1) is 12.2 Å². The normalized spacial score (nSPS) is 16.9. The molecule has 0 aromatic rings. The van der Waals surface area contributed by atoms with Crippen molar-refractivity contribution in [2.75, 3.05) is 25.5 Å². The van der Waals surface area contributed by atoms with Crippen molar-refractivity contribution in [3.05, 3.63) is 0 Å². The molecule has 0 bridgehead atoms. The molecule has 2 N–H and O–H groups in total. The Labute approximate surface area is 76.1 Å². The van der Waals surface area contributed by atoms with E-state index in [-0.39, 0.29) is 12.2 Å². The zero-order valence-electron chi connectivity index (χ0n) is 7.00. The largest absolute Gasteiger partial charge is 0.392 e. The third-order valence-corrected chi connectivity index (χ3v) is 2.02. The third kappa shape index (κ3) is 6.75. The first-order chi connectivity index (χ1) is 5.06. The van der Waals surface area contributed by atoms with E-state index in [0.717, 1.165) is 0 Å². The van der Waals surface area contributed by atoms with Crippen LogP contribution >= 0.6 is 15.9 Å². The average molecular weight is 226 g/mol. The molecule has 0 saturated carbocycles. The molecule has 0 aliphatic carbocycles. The van der Waals surface area contributed by atoms with E-state index in [9.17, 15) is 5.11 Å². The molecule has 68 valence electrons. The molecule has 2 atom stereocenters. The van der Waals surface area contributed by atoms with E-state index in [4.69, 9.17) is 5.11 Å². The number of hydrogen-bond acceptors (Lipinski definition) is 3. The van der Waals surface area contributed by atoms with Gasteiger partial charge in [0.15, 0.2) is 0 Å². The molecule has 0 saturated heterocycles. The lowest BCUT2D eigenvalue weighted by Gasteiger charge is -2.20. The number of halogens is 1. The van der Waals surface area contributed by atoms with Crippen LogP contribution in [-0.4, -0.2) is 52.8 Å². The van der Waals surface area contributed by atoms with Gasteiger partial charge in [-0.2, -0.15) is 0 Å². The minimum Gasteiger partial charge on any atom is -0.392 e. The van der Waals surface area contributed by atoms with E-state index >= 15 is 0 Å². The Bertz CT molecular complexity index is 100. The lowest BCUT2D eigenvalue weighted by molar-refractivity contribution is 0.101. The number of nitrogens with zero attached hydrogens (tertiary/aromatic N) is 1. The summed E-state index contributed by atoms with van der Waals surface area (Å²) >= 11 is 3.17. The molecule has 2 unspecified atom stereocenters. The lowest BCUT2D eigenvalue weighted by Crippen LogP contribution is -2.34. The van der Waals surface area contributed by atoms with Gasteiger partial charge in [0, 0.05) is 18.4 Å². The van der Waals surface area contributed by atoms with Gasteiger partial charge < -0.3 is 15.1 Å². The van der Waals surface area contributed by atoms with Gasteiger partial charge in [0.25, 0.3) is 0 Å². The second-order valence-electron chi connectivity index (χ2n) is 2.88. The summed E-state index contributed by atoms with van der Waals surface area (Å²) in [6.07, 6.45) is -0.679. The second kappa shape index (κ2) is 5.94. The summed E-state index contributed by atoms with van der Waals surface area (Å²) in [5, 5.41) is 18.7. The quantitative estimate of drug-likeness (QED) is 0.651. The maximum absolute atomic E-state index is 9.17. The van der Waals surface area contributed by atoms with Crippen LogP contribution in [0.3, 0.4) is 0 Å². The van der Waals surface area contributed by atoms with Crippen LogP contribution in [0.5, 0.6) is 0 Å². The Hall–Kier alpha value is 0.360. The molecule has 11 heavy (non-hydrogen) atoms. The Morgan fingerprint density at radius 1 is 1.36 bits per heavy atom. The zero-order valence-corrected chi connectivity index (χ0v) is 8.58. The van der Waals surface area contributed by atoms with Crippen molar-refractivity contribution in [1.29, 1.82) is 0 Å². The number of aliphatic hydroxyl groups is 2. The molecule has 0 rings (SSSR count). The van der Waals surface area contributed by atoms with Crippen molar-refractivity contribution in [3.8, 4) is 0 Å². The molecule has 0 amide bonds. The molecular formula is C7H16BrNO2. The molecule has 3 nitrogen and oxygen atoms in total. The van der Waals surface area contributed by atoms with Crippen LogP contribution in [0.2, 0.25) is 0 Å². The number of hydrogen-bond donors (Lipinski definition) is 2. The summed E-state index contributed by atoms with van der Waals surface area (Å²) in [6.45, 7) is 2.93. The fourth-order valence-corrected chi connectivity index (χ4v) is 1.14. The van der Waals surface area contributed by atoms with Crippen molar-refractivity contribution < 1.29 is 10.2 Å². The minimum atomic E-state index is -0.348. The highest BCUT2D eigenvalue weighted by atomic mass is 79.9. The molecule has 0 aliphatic heterocycles. The molecule has 0 heterocycles. The SMILES string of the molecule is CC(O)CN(C)CC(O)CBr. The summed E-state index contributed by atoms with van der Waals surface area (Å²) in [5.41, 5.74) is 0. The first-order valence-electron chi connectivity index (χ1n) is 3.67. The van der Waals surface area contributed by atoms with Crippen LogP contribution in [0.25, 0.3) is 0 Å². The topological polar surface area (TPSA) is 43.7 Å². The molecular weight excluding hydrogens is 210 g/mol.